The molecule has 0 aliphatic rings. The lowest BCUT2D eigenvalue weighted by Crippen LogP contribution is -2.28. The molecule has 0 bridgehead atoms. The molecular formula is C15H17FN2O2S. The predicted octanol–water partition coefficient (Wildman–Crippen LogP) is 2.70. The first-order chi connectivity index (χ1) is 10.1. The van der Waals surface area contributed by atoms with Crippen LogP contribution in [0.25, 0.3) is 10.6 Å². The summed E-state index contributed by atoms with van der Waals surface area (Å²) in [6.07, 6.45) is 0.637. The van der Waals surface area contributed by atoms with E-state index in [0.717, 1.165) is 0 Å². The summed E-state index contributed by atoms with van der Waals surface area (Å²) in [5.41, 5.74) is 0.685. The van der Waals surface area contributed by atoms with Gasteiger partial charge in [-0.15, -0.1) is 11.3 Å². The van der Waals surface area contributed by atoms with E-state index in [1.165, 1.54) is 17.4 Å². The number of hydrogen-bond donors (Lipinski definition) is 2. The highest BCUT2D eigenvalue weighted by molar-refractivity contribution is 7.13. The summed E-state index contributed by atoms with van der Waals surface area (Å²) >= 11 is 1.24. The average molecular weight is 308 g/mol. The van der Waals surface area contributed by atoms with Crippen molar-refractivity contribution in [2.75, 3.05) is 13.2 Å². The van der Waals surface area contributed by atoms with Gasteiger partial charge < -0.3 is 10.4 Å². The van der Waals surface area contributed by atoms with Crippen molar-refractivity contribution in [2.45, 2.75) is 13.3 Å². The maximum Gasteiger partial charge on any atom is 0.270 e. The van der Waals surface area contributed by atoms with Crippen LogP contribution in [0.15, 0.2) is 29.6 Å². The Hall–Kier alpha value is -1.79. The molecule has 0 saturated carbocycles. The summed E-state index contributed by atoms with van der Waals surface area (Å²) in [7, 11) is 0. The molecule has 6 heteroatoms. The minimum atomic E-state index is -0.352. The Morgan fingerprint density at radius 2 is 2.24 bits per heavy atom. The standard InChI is InChI=1S/C15H17FN2O2S/c1-10(6-7-19)8-17-14(20)13-9-21-15(18-13)11-4-2-3-5-12(11)16/h2-5,9-10,19H,6-8H2,1H3,(H,17,20). The number of carbonyl (C=O) groups excluding carboxylic acids is 1. The third kappa shape index (κ3) is 4.09. The number of thiazole rings is 1. The Bertz CT molecular complexity index is 615. The van der Waals surface area contributed by atoms with Crippen molar-refractivity contribution in [1.29, 1.82) is 0 Å². The second kappa shape index (κ2) is 7.28. The molecule has 0 aliphatic heterocycles. The predicted molar refractivity (Wildman–Crippen MR) is 80.7 cm³/mol. The minimum Gasteiger partial charge on any atom is -0.396 e. The lowest BCUT2D eigenvalue weighted by Gasteiger charge is -2.09. The quantitative estimate of drug-likeness (QED) is 0.862. The molecule has 1 atom stereocenters. The van der Waals surface area contributed by atoms with Crippen LogP contribution in [0.1, 0.15) is 23.8 Å². The normalized spacial score (nSPS) is 12.1. The molecule has 1 unspecified atom stereocenters. The number of nitrogens with zero attached hydrogens (tertiary/aromatic N) is 1. The molecule has 112 valence electrons. The fourth-order valence-electron chi connectivity index (χ4n) is 1.82. The maximum atomic E-state index is 13.7. The van der Waals surface area contributed by atoms with Crippen LogP contribution in [0.5, 0.6) is 0 Å². The van der Waals surface area contributed by atoms with Crippen molar-refractivity contribution in [3.63, 3.8) is 0 Å². The van der Waals surface area contributed by atoms with Crippen molar-refractivity contribution in [1.82, 2.24) is 10.3 Å². The molecule has 1 heterocycles. The van der Waals surface area contributed by atoms with Gasteiger partial charge in [-0.1, -0.05) is 19.1 Å². The van der Waals surface area contributed by atoms with E-state index < -0.39 is 0 Å². The van der Waals surface area contributed by atoms with Gasteiger partial charge in [0.05, 0.1) is 0 Å². The van der Waals surface area contributed by atoms with Crippen molar-refractivity contribution in [3.05, 3.63) is 41.2 Å². The molecule has 2 N–H and O–H groups in total. The van der Waals surface area contributed by atoms with Crippen molar-refractivity contribution in [3.8, 4) is 10.6 Å². The Balaban J connectivity index is 2.03. The van der Waals surface area contributed by atoms with E-state index in [-0.39, 0.29) is 29.9 Å². The van der Waals surface area contributed by atoms with Gasteiger partial charge in [-0.05, 0) is 24.5 Å². The zero-order valence-corrected chi connectivity index (χ0v) is 12.5. The summed E-state index contributed by atoms with van der Waals surface area (Å²) in [6.45, 7) is 2.53. The van der Waals surface area contributed by atoms with E-state index in [9.17, 15) is 9.18 Å². The number of aliphatic hydroxyl groups excluding tert-OH is 1. The number of hydrogen-bond acceptors (Lipinski definition) is 4. The van der Waals surface area contributed by atoms with E-state index in [4.69, 9.17) is 5.11 Å². The number of halogens is 1. The van der Waals surface area contributed by atoms with Gasteiger partial charge in [-0.2, -0.15) is 0 Å². The second-order valence-corrected chi connectivity index (χ2v) is 5.70. The molecule has 0 aliphatic carbocycles. The zero-order valence-electron chi connectivity index (χ0n) is 11.7. The molecule has 1 amide bonds. The van der Waals surface area contributed by atoms with Crippen LogP contribution in [-0.4, -0.2) is 29.1 Å². The van der Waals surface area contributed by atoms with E-state index >= 15 is 0 Å². The Kier molecular flexibility index (Phi) is 5.41. The lowest BCUT2D eigenvalue weighted by atomic mass is 10.1. The molecule has 21 heavy (non-hydrogen) atoms. The topological polar surface area (TPSA) is 62.2 Å². The van der Waals surface area contributed by atoms with E-state index in [0.29, 0.717) is 23.5 Å². The lowest BCUT2D eigenvalue weighted by molar-refractivity contribution is 0.0941. The molecule has 2 rings (SSSR count). The van der Waals surface area contributed by atoms with Crippen LogP contribution < -0.4 is 5.32 Å². The van der Waals surface area contributed by atoms with Crippen LogP contribution >= 0.6 is 11.3 Å². The zero-order chi connectivity index (χ0) is 15.2. The van der Waals surface area contributed by atoms with E-state index in [1.807, 2.05) is 6.92 Å². The molecule has 0 saturated heterocycles. The van der Waals surface area contributed by atoms with E-state index in [1.54, 1.807) is 23.6 Å². The van der Waals surface area contributed by atoms with Gasteiger partial charge in [0.15, 0.2) is 0 Å². The first-order valence-corrected chi connectivity index (χ1v) is 7.59. The fourth-order valence-corrected chi connectivity index (χ4v) is 2.64. The molecule has 0 spiro atoms. The summed E-state index contributed by atoms with van der Waals surface area (Å²) in [4.78, 5) is 16.1. The van der Waals surface area contributed by atoms with Gasteiger partial charge in [-0.3, -0.25) is 4.79 Å². The number of rotatable bonds is 6. The average Bonchev–Trinajstić information content (AvgIpc) is 2.95. The third-order valence-electron chi connectivity index (χ3n) is 3.07. The van der Waals surface area contributed by atoms with Crippen molar-refractivity contribution >= 4 is 17.2 Å². The summed E-state index contributed by atoms with van der Waals surface area (Å²) in [6, 6.07) is 6.35. The van der Waals surface area contributed by atoms with Crippen LogP contribution in [0, 0.1) is 11.7 Å². The smallest absolute Gasteiger partial charge is 0.270 e. The Morgan fingerprint density at radius 1 is 1.48 bits per heavy atom. The molecule has 0 fully saturated rings. The number of benzene rings is 1. The van der Waals surface area contributed by atoms with Crippen LogP contribution in [0.3, 0.4) is 0 Å². The van der Waals surface area contributed by atoms with Gasteiger partial charge in [0.2, 0.25) is 0 Å². The van der Waals surface area contributed by atoms with E-state index in [2.05, 4.69) is 10.3 Å². The van der Waals surface area contributed by atoms with Crippen LogP contribution in [0.2, 0.25) is 0 Å². The second-order valence-electron chi connectivity index (χ2n) is 4.85. The maximum absolute atomic E-state index is 13.7. The first kappa shape index (κ1) is 15.6. The molecule has 1 aromatic heterocycles. The van der Waals surface area contributed by atoms with Gasteiger partial charge in [-0.25, -0.2) is 9.37 Å². The van der Waals surface area contributed by atoms with Crippen molar-refractivity contribution < 1.29 is 14.3 Å². The van der Waals surface area contributed by atoms with Gasteiger partial charge >= 0.3 is 0 Å². The van der Waals surface area contributed by atoms with Crippen molar-refractivity contribution in [2.24, 2.45) is 5.92 Å². The molecule has 4 nitrogen and oxygen atoms in total. The van der Waals surface area contributed by atoms with Gasteiger partial charge in [0, 0.05) is 24.1 Å². The largest absolute Gasteiger partial charge is 0.396 e. The summed E-state index contributed by atoms with van der Waals surface area (Å²) in [5.74, 6) is -0.433. The molecule has 2 aromatic rings. The first-order valence-electron chi connectivity index (χ1n) is 6.71. The monoisotopic (exact) mass is 308 g/mol. The Morgan fingerprint density at radius 3 is 2.95 bits per heavy atom. The summed E-state index contributed by atoms with van der Waals surface area (Å²) in [5, 5.41) is 13.7. The minimum absolute atomic E-state index is 0.102. The number of aliphatic hydroxyl groups is 1. The fraction of sp³-hybridized carbons (Fsp3) is 0.333. The van der Waals surface area contributed by atoms with Crippen LogP contribution in [0.4, 0.5) is 4.39 Å². The molecular weight excluding hydrogens is 291 g/mol. The van der Waals surface area contributed by atoms with Crippen LogP contribution in [-0.2, 0) is 0 Å². The van der Waals surface area contributed by atoms with Gasteiger partial charge in [0.25, 0.3) is 5.91 Å². The number of carbonyl (C=O) groups is 1. The molecule has 1 aromatic carbocycles. The summed E-state index contributed by atoms with van der Waals surface area (Å²) < 4.78 is 13.7. The highest BCUT2D eigenvalue weighted by atomic mass is 32.1. The Labute approximate surface area is 126 Å². The SMILES string of the molecule is CC(CCO)CNC(=O)c1csc(-c2ccccc2F)n1. The number of nitrogens with one attached hydrogen (secondary N) is 1. The number of aromatic nitrogens is 1. The van der Waals surface area contributed by atoms with Gasteiger partial charge in [0.1, 0.15) is 16.5 Å². The number of amides is 1. The highest BCUT2D eigenvalue weighted by Crippen LogP contribution is 2.25. The molecule has 0 radical (unpaired) electrons. The third-order valence-corrected chi connectivity index (χ3v) is 3.95. The highest BCUT2D eigenvalue weighted by Gasteiger charge is 2.14.